The number of aryl methyl sites for hydroxylation is 1. The third kappa shape index (κ3) is 2.25. The number of aliphatic hydroxyl groups is 1. The van der Waals surface area contributed by atoms with Crippen molar-refractivity contribution < 1.29 is 5.11 Å². The lowest BCUT2D eigenvalue weighted by Crippen LogP contribution is -2.64. The molecule has 0 saturated carbocycles. The van der Waals surface area contributed by atoms with Gasteiger partial charge in [0.15, 0.2) is 0 Å². The van der Waals surface area contributed by atoms with Crippen molar-refractivity contribution in [3.05, 3.63) is 30.0 Å². The first kappa shape index (κ1) is 13.2. The molecule has 1 aromatic carbocycles. The van der Waals surface area contributed by atoms with E-state index in [2.05, 4.69) is 27.0 Å². The van der Waals surface area contributed by atoms with E-state index in [-0.39, 0.29) is 12.1 Å². The number of nitrogens with zero attached hydrogens (tertiary/aromatic N) is 4. The first-order chi connectivity index (χ1) is 10.2. The van der Waals surface area contributed by atoms with E-state index >= 15 is 0 Å². The summed E-state index contributed by atoms with van der Waals surface area (Å²) in [7, 11) is 1.97. The van der Waals surface area contributed by atoms with Crippen molar-refractivity contribution in [3.63, 3.8) is 0 Å². The van der Waals surface area contributed by atoms with Gasteiger partial charge in [-0.15, -0.1) is 0 Å². The summed E-state index contributed by atoms with van der Waals surface area (Å²) in [5.74, 6) is 0. The molecule has 1 aromatic heterocycles. The van der Waals surface area contributed by atoms with Crippen LogP contribution in [-0.2, 0) is 13.5 Å². The smallest absolute Gasteiger partial charge is 0.0764 e. The van der Waals surface area contributed by atoms with Crippen molar-refractivity contribution in [3.8, 4) is 0 Å². The van der Waals surface area contributed by atoms with Gasteiger partial charge in [-0.1, -0.05) is 18.2 Å². The molecule has 3 fully saturated rings. The van der Waals surface area contributed by atoms with E-state index in [1.165, 1.54) is 0 Å². The van der Waals surface area contributed by atoms with Crippen molar-refractivity contribution >= 4 is 10.9 Å². The lowest BCUT2D eigenvalue weighted by atomic mass is 9.98. The molecule has 2 aromatic rings. The zero-order valence-corrected chi connectivity index (χ0v) is 12.4. The van der Waals surface area contributed by atoms with E-state index in [0.717, 1.165) is 49.3 Å². The van der Waals surface area contributed by atoms with Crippen molar-refractivity contribution in [1.29, 1.82) is 0 Å². The van der Waals surface area contributed by atoms with Gasteiger partial charge in [0.1, 0.15) is 0 Å². The zero-order valence-electron chi connectivity index (χ0n) is 12.4. The summed E-state index contributed by atoms with van der Waals surface area (Å²) < 4.78 is 1.91. The number of rotatable bonds is 3. The fraction of sp³-hybridized carbons (Fsp3) is 0.562. The van der Waals surface area contributed by atoms with E-state index in [1.807, 2.05) is 23.9 Å². The highest BCUT2D eigenvalue weighted by Gasteiger charge is 2.36. The molecule has 4 heterocycles. The number of benzene rings is 1. The van der Waals surface area contributed by atoms with E-state index in [4.69, 9.17) is 0 Å². The highest BCUT2D eigenvalue weighted by molar-refractivity contribution is 5.81. The Labute approximate surface area is 124 Å². The second-order valence-corrected chi connectivity index (χ2v) is 6.26. The van der Waals surface area contributed by atoms with E-state index in [9.17, 15) is 5.11 Å². The maximum atomic E-state index is 10.7. The van der Waals surface area contributed by atoms with Crippen LogP contribution in [0.25, 0.3) is 10.9 Å². The molecule has 21 heavy (non-hydrogen) atoms. The fourth-order valence-electron chi connectivity index (χ4n) is 3.80. The van der Waals surface area contributed by atoms with Crippen LogP contribution >= 0.6 is 0 Å². The van der Waals surface area contributed by atoms with Crippen LogP contribution in [-0.4, -0.2) is 69.6 Å². The molecule has 5 heteroatoms. The van der Waals surface area contributed by atoms with E-state index < -0.39 is 0 Å². The van der Waals surface area contributed by atoms with Gasteiger partial charge in [-0.2, -0.15) is 5.10 Å². The van der Waals surface area contributed by atoms with Gasteiger partial charge in [0.2, 0.25) is 0 Å². The zero-order chi connectivity index (χ0) is 14.4. The molecule has 3 aliphatic heterocycles. The van der Waals surface area contributed by atoms with Gasteiger partial charge < -0.3 is 5.11 Å². The van der Waals surface area contributed by atoms with Gasteiger partial charge in [0.05, 0.1) is 17.3 Å². The Morgan fingerprint density at radius 1 is 1.24 bits per heavy atom. The largest absolute Gasteiger partial charge is 0.391 e. The SMILES string of the molecule is Cn1nc(CC(O)C2CN3CCN2CC3)c2ccccc21. The van der Waals surface area contributed by atoms with Crippen LogP contribution < -0.4 is 0 Å². The molecule has 2 unspecified atom stereocenters. The summed E-state index contributed by atoms with van der Waals surface area (Å²) in [6, 6.07) is 8.51. The Kier molecular flexibility index (Phi) is 3.21. The first-order valence-corrected chi connectivity index (χ1v) is 7.77. The van der Waals surface area contributed by atoms with Gasteiger partial charge in [0, 0.05) is 57.6 Å². The van der Waals surface area contributed by atoms with Crippen LogP contribution in [0.2, 0.25) is 0 Å². The van der Waals surface area contributed by atoms with Crippen LogP contribution in [0.1, 0.15) is 5.69 Å². The standard InChI is InChI=1S/C16H22N4O/c1-18-14-5-3-2-4-12(14)13(17-18)10-16(21)15-11-19-6-8-20(15)9-7-19/h2-5,15-16,21H,6-11H2,1H3. The molecule has 112 valence electrons. The lowest BCUT2D eigenvalue weighted by molar-refractivity contribution is -0.0455. The van der Waals surface area contributed by atoms with E-state index in [0.29, 0.717) is 6.42 Å². The Bertz CT molecular complexity index is 645. The molecule has 0 aliphatic carbocycles. The minimum Gasteiger partial charge on any atom is -0.391 e. The summed E-state index contributed by atoms with van der Waals surface area (Å²) in [4.78, 5) is 4.90. The van der Waals surface area contributed by atoms with Crippen LogP contribution in [0.5, 0.6) is 0 Å². The number of hydrogen-bond donors (Lipinski definition) is 1. The van der Waals surface area contributed by atoms with Crippen LogP contribution in [0, 0.1) is 0 Å². The predicted octanol–water partition coefficient (Wildman–Crippen LogP) is 0.477. The van der Waals surface area contributed by atoms with Crippen molar-refractivity contribution in [1.82, 2.24) is 19.6 Å². The molecule has 2 bridgehead atoms. The van der Waals surface area contributed by atoms with Crippen LogP contribution in [0.3, 0.4) is 0 Å². The van der Waals surface area contributed by atoms with E-state index in [1.54, 1.807) is 0 Å². The van der Waals surface area contributed by atoms with Crippen molar-refractivity contribution in [2.75, 3.05) is 32.7 Å². The monoisotopic (exact) mass is 286 g/mol. The molecule has 0 amide bonds. The minimum atomic E-state index is -0.341. The Hall–Kier alpha value is -1.43. The molecule has 3 saturated heterocycles. The molecule has 0 spiro atoms. The third-order valence-corrected chi connectivity index (χ3v) is 5.00. The Balaban J connectivity index is 1.57. The molecule has 2 atom stereocenters. The molecule has 1 N–H and O–H groups in total. The van der Waals surface area contributed by atoms with Gasteiger partial charge >= 0.3 is 0 Å². The van der Waals surface area contributed by atoms with Crippen LogP contribution in [0.15, 0.2) is 24.3 Å². The summed E-state index contributed by atoms with van der Waals surface area (Å²) in [6.45, 7) is 5.47. The summed E-state index contributed by atoms with van der Waals surface area (Å²) in [6.07, 6.45) is 0.294. The van der Waals surface area contributed by atoms with Gasteiger partial charge in [-0.3, -0.25) is 14.5 Å². The maximum Gasteiger partial charge on any atom is 0.0764 e. The normalized spacial score (nSPS) is 29.9. The number of hydrogen-bond acceptors (Lipinski definition) is 4. The second-order valence-electron chi connectivity index (χ2n) is 6.26. The first-order valence-electron chi connectivity index (χ1n) is 7.77. The van der Waals surface area contributed by atoms with Crippen molar-refractivity contribution in [2.24, 2.45) is 7.05 Å². The Morgan fingerprint density at radius 2 is 2.00 bits per heavy atom. The molecule has 3 aliphatic rings. The minimum absolute atomic E-state index is 0.258. The highest BCUT2D eigenvalue weighted by atomic mass is 16.3. The molecule has 0 radical (unpaired) electrons. The average Bonchev–Trinajstić information content (AvgIpc) is 2.85. The number of aromatic nitrogens is 2. The number of para-hydroxylation sites is 1. The molecule has 5 rings (SSSR count). The van der Waals surface area contributed by atoms with Crippen LogP contribution in [0.4, 0.5) is 0 Å². The fourth-order valence-corrected chi connectivity index (χ4v) is 3.80. The van der Waals surface area contributed by atoms with Gasteiger partial charge in [-0.25, -0.2) is 0 Å². The van der Waals surface area contributed by atoms with Gasteiger partial charge in [0.25, 0.3) is 0 Å². The number of piperazine rings is 3. The average molecular weight is 286 g/mol. The maximum absolute atomic E-state index is 10.7. The van der Waals surface area contributed by atoms with Gasteiger partial charge in [-0.05, 0) is 6.07 Å². The summed E-state index contributed by atoms with van der Waals surface area (Å²) >= 11 is 0. The highest BCUT2D eigenvalue weighted by Crippen LogP contribution is 2.23. The third-order valence-electron chi connectivity index (χ3n) is 5.00. The summed E-state index contributed by atoms with van der Waals surface area (Å²) in [5.41, 5.74) is 2.15. The number of fused-ring (bicyclic) bond motifs is 4. The molecule has 5 nitrogen and oxygen atoms in total. The topological polar surface area (TPSA) is 44.5 Å². The second kappa shape index (κ2) is 5.09. The molecular formula is C16H22N4O. The summed E-state index contributed by atoms with van der Waals surface area (Å²) in [5, 5.41) is 16.5. The number of aliphatic hydroxyl groups excluding tert-OH is 1. The lowest BCUT2D eigenvalue weighted by Gasteiger charge is -2.49. The quantitative estimate of drug-likeness (QED) is 0.891. The van der Waals surface area contributed by atoms with Crippen molar-refractivity contribution in [2.45, 2.75) is 18.6 Å². The Morgan fingerprint density at radius 3 is 2.71 bits per heavy atom. The predicted molar refractivity (Wildman–Crippen MR) is 82.2 cm³/mol. The molecular weight excluding hydrogens is 264 g/mol.